The third-order valence-electron chi connectivity index (χ3n) is 4.57. The van der Waals surface area contributed by atoms with Crippen LogP contribution in [0.15, 0.2) is 36.4 Å². The van der Waals surface area contributed by atoms with Crippen LogP contribution < -0.4 is 14.8 Å². The monoisotopic (exact) mass is 398 g/mol. The van der Waals surface area contributed by atoms with Gasteiger partial charge in [0, 0.05) is 17.7 Å². The number of hydrogen-bond donors (Lipinski definition) is 1. The smallest absolute Gasteiger partial charge is 0.338 e. The Labute approximate surface area is 165 Å². The third kappa shape index (κ3) is 4.29. The molecule has 4 rings (SSSR count). The van der Waals surface area contributed by atoms with Gasteiger partial charge in [0.1, 0.15) is 18.9 Å². The fourth-order valence-electron chi connectivity index (χ4n) is 2.89. The second-order valence-corrected chi connectivity index (χ2v) is 6.77. The molecule has 0 amide bonds. The molecule has 29 heavy (non-hydrogen) atoms. The molecule has 0 atom stereocenters. The lowest BCUT2D eigenvalue weighted by atomic mass is 10.1. The first kappa shape index (κ1) is 18.7. The predicted octanol–water partition coefficient (Wildman–Crippen LogP) is 2.98. The Bertz CT molecular complexity index is 985. The number of ether oxygens (including phenoxy) is 3. The van der Waals surface area contributed by atoms with Gasteiger partial charge in [-0.2, -0.15) is 0 Å². The van der Waals surface area contributed by atoms with Gasteiger partial charge in [0.2, 0.25) is 0 Å². The molecule has 1 fully saturated rings. The maximum atomic E-state index is 12.3. The number of ketones is 1. The number of benzene rings is 2. The van der Waals surface area contributed by atoms with E-state index in [1.807, 2.05) is 0 Å². The average Bonchev–Trinajstić information content (AvgIpc) is 3.55. The Morgan fingerprint density at radius 2 is 1.79 bits per heavy atom. The fourth-order valence-corrected chi connectivity index (χ4v) is 2.89. The molecule has 0 saturated heterocycles. The molecule has 0 radical (unpaired) electrons. The van der Waals surface area contributed by atoms with Gasteiger partial charge in [-0.25, -0.2) is 4.79 Å². The van der Waals surface area contributed by atoms with E-state index in [4.69, 9.17) is 14.2 Å². The van der Waals surface area contributed by atoms with E-state index in [9.17, 15) is 19.7 Å². The van der Waals surface area contributed by atoms with Crippen molar-refractivity contribution in [2.45, 2.75) is 18.9 Å². The van der Waals surface area contributed by atoms with Crippen molar-refractivity contribution in [1.29, 1.82) is 0 Å². The van der Waals surface area contributed by atoms with Crippen LogP contribution in [0.1, 0.15) is 33.6 Å². The summed E-state index contributed by atoms with van der Waals surface area (Å²) in [6.07, 6.45) is 1.92. The van der Waals surface area contributed by atoms with Crippen molar-refractivity contribution in [3.63, 3.8) is 0 Å². The van der Waals surface area contributed by atoms with Crippen LogP contribution in [0.4, 0.5) is 11.4 Å². The van der Waals surface area contributed by atoms with Crippen molar-refractivity contribution < 1.29 is 28.7 Å². The van der Waals surface area contributed by atoms with Gasteiger partial charge in [-0.15, -0.1) is 0 Å². The van der Waals surface area contributed by atoms with Gasteiger partial charge in [-0.05, 0) is 43.2 Å². The second-order valence-electron chi connectivity index (χ2n) is 6.77. The normalized spacial score (nSPS) is 14.8. The number of nitrogens with zero attached hydrogens (tertiary/aromatic N) is 1. The Hall–Kier alpha value is -3.62. The average molecular weight is 398 g/mol. The maximum Gasteiger partial charge on any atom is 0.338 e. The first-order valence-electron chi connectivity index (χ1n) is 9.16. The van der Waals surface area contributed by atoms with E-state index in [0.29, 0.717) is 36.0 Å². The summed E-state index contributed by atoms with van der Waals surface area (Å²) in [7, 11) is 0. The SMILES string of the molecule is O=C(COC(=O)c1ccc(NC2CC2)c([N+](=O)[O-])c1)c1ccc2c(c1)OCCO2. The highest BCUT2D eigenvalue weighted by atomic mass is 16.6. The lowest BCUT2D eigenvalue weighted by Crippen LogP contribution is -2.17. The number of nitro groups is 1. The van der Waals surface area contributed by atoms with E-state index < -0.39 is 23.3 Å². The standard InChI is InChI=1S/C20H18N2O7/c23-17(12-2-6-18-19(10-12)28-8-7-27-18)11-29-20(24)13-1-5-15(21-14-3-4-14)16(9-13)22(25)26/h1-2,5-6,9-10,14,21H,3-4,7-8,11H2. The number of carbonyl (C=O) groups is 2. The van der Waals surface area contributed by atoms with Crippen molar-refractivity contribution in [3.05, 3.63) is 57.6 Å². The van der Waals surface area contributed by atoms with Crippen LogP contribution in [0, 0.1) is 10.1 Å². The van der Waals surface area contributed by atoms with E-state index in [-0.39, 0.29) is 17.3 Å². The number of nitrogens with one attached hydrogen (secondary N) is 1. The molecule has 1 heterocycles. The molecule has 150 valence electrons. The van der Waals surface area contributed by atoms with Crippen LogP contribution >= 0.6 is 0 Å². The highest BCUT2D eigenvalue weighted by Crippen LogP contribution is 2.32. The van der Waals surface area contributed by atoms with Crippen LogP contribution in [-0.2, 0) is 4.74 Å². The summed E-state index contributed by atoms with van der Waals surface area (Å²) in [6.45, 7) is 0.345. The number of anilines is 1. The van der Waals surface area contributed by atoms with Crippen molar-refractivity contribution in [2.75, 3.05) is 25.1 Å². The lowest BCUT2D eigenvalue weighted by molar-refractivity contribution is -0.384. The van der Waals surface area contributed by atoms with Crippen molar-refractivity contribution in [1.82, 2.24) is 0 Å². The minimum absolute atomic E-state index is 0.00743. The van der Waals surface area contributed by atoms with Gasteiger partial charge < -0.3 is 19.5 Å². The zero-order valence-electron chi connectivity index (χ0n) is 15.4. The molecule has 2 aliphatic rings. The second kappa shape index (κ2) is 7.78. The van der Waals surface area contributed by atoms with Gasteiger partial charge in [-0.3, -0.25) is 14.9 Å². The summed E-state index contributed by atoms with van der Waals surface area (Å²) in [5.41, 5.74) is 0.482. The minimum atomic E-state index is -0.808. The molecule has 1 saturated carbocycles. The third-order valence-corrected chi connectivity index (χ3v) is 4.57. The Balaban J connectivity index is 1.42. The molecule has 2 aromatic rings. The number of fused-ring (bicyclic) bond motifs is 1. The summed E-state index contributed by atoms with van der Waals surface area (Å²) in [5, 5.41) is 14.4. The highest BCUT2D eigenvalue weighted by molar-refractivity contribution is 6.00. The molecule has 9 nitrogen and oxygen atoms in total. The van der Waals surface area contributed by atoms with Crippen molar-refractivity contribution >= 4 is 23.1 Å². The van der Waals surface area contributed by atoms with Crippen LogP contribution in [0.2, 0.25) is 0 Å². The van der Waals surface area contributed by atoms with Gasteiger partial charge in [0.15, 0.2) is 23.9 Å². The number of rotatable bonds is 7. The predicted molar refractivity (Wildman–Crippen MR) is 102 cm³/mol. The molecule has 0 unspecified atom stereocenters. The maximum absolute atomic E-state index is 12.3. The first-order chi connectivity index (χ1) is 14.0. The van der Waals surface area contributed by atoms with Crippen LogP contribution in [-0.4, -0.2) is 42.5 Å². The van der Waals surface area contributed by atoms with Gasteiger partial charge in [0.05, 0.1) is 10.5 Å². The van der Waals surface area contributed by atoms with E-state index in [1.54, 1.807) is 12.1 Å². The van der Waals surface area contributed by atoms with E-state index in [0.717, 1.165) is 18.9 Å². The largest absolute Gasteiger partial charge is 0.486 e. The quantitative estimate of drug-likeness (QED) is 0.327. The molecule has 0 aromatic heterocycles. The van der Waals surface area contributed by atoms with E-state index in [2.05, 4.69) is 5.32 Å². The zero-order chi connectivity index (χ0) is 20.4. The number of carbonyl (C=O) groups excluding carboxylic acids is 2. The Kier molecular flexibility index (Phi) is 5.03. The topological polar surface area (TPSA) is 117 Å². The number of Topliss-reactive ketones (excluding diaryl/α,β-unsaturated/α-hetero) is 1. The molecular formula is C20H18N2O7. The van der Waals surface area contributed by atoms with Crippen LogP contribution in [0.5, 0.6) is 11.5 Å². The molecule has 1 aliphatic heterocycles. The fraction of sp³-hybridized carbons (Fsp3) is 0.300. The van der Waals surface area contributed by atoms with Gasteiger partial charge in [0.25, 0.3) is 5.69 Å². The van der Waals surface area contributed by atoms with Crippen LogP contribution in [0.25, 0.3) is 0 Å². The Morgan fingerprint density at radius 3 is 2.52 bits per heavy atom. The number of nitro benzene ring substituents is 1. The number of esters is 1. The van der Waals surface area contributed by atoms with Gasteiger partial charge >= 0.3 is 5.97 Å². The highest BCUT2D eigenvalue weighted by Gasteiger charge is 2.26. The van der Waals surface area contributed by atoms with E-state index >= 15 is 0 Å². The van der Waals surface area contributed by atoms with Gasteiger partial charge in [-0.1, -0.05) is 0 Å². The van der Waals surface area contributed by atoms with Crippen molar-refractivity contribution in [3.8, 4) is 11.5 Å². The molecule has 1 aliphatic carbocycles. The lowest BCUT2D eigenvalue weighted by Gasteiger charge is -2.18. The molecule has 0 spiro atoms. The minimum Gasteiger partial charge on any atom is -0.486 e. The zero-order valence-corrected chi connectivity index (χ0v) is 15.4. The molecular weight excluding hydrogens is 380 g/mol. The summed E-state index contributed by atoms with van der Waals surface area (Å²) >= 11 is 0. The Morgan fingerprint density at radius 1 is 1.07 bits per heavy atom. The molecule has 1 N–H and O–H groups in total. The van der Waals surface area contributed by atoms with E-state index in [1.165, 1.54) is 18.2 Å². The molecule has 9 heteroatoms. The molecule has 0 bridgehead atoms. The van der Waals surface area contributed by atoms with Crippen molar-refractivity contribution in [2.24, 2.45) is 0 Å². The summed E-state index contributed by atoms with van der Waals surface area (Å²) in [6, 6.07) is 9.03. The summed E-state index contributed by atoms with van der Waals surface area (Å²) in [4.78, 5) is 35.4. The summed E-state index contributed by atoms with van der Waals surface area (Å²) < 4.78 is 15.9. The van der Waals surface area contributed by atoms with Crippen LogP contribution in [0.3, 0.4) is 0 Å². The first-order valence-corrected chi connectivity index (χ1v) is 9.16. The summed E-state index contributed by atoms with van der Waals surface area (Å²) in [5.74, 6) is -0.214. The molecule has 2 aromatic carbocycles. The number of hydrogen-bond acceptors (Lipinski definition) is 8.